The molecule has 1 aliphatic carbocycles. The average Bonchev–Trinajstić information content (AvgIpc) is 3.28. The summed E-state index contributed by atoms with van der Waals surface area (Å²) in [4.78, 5) is 26.6. The molecule has 0 spiro atoms. The molecular weight excluding hydrogens is 350 g/mol. The Hall–Kier alpha value is -2.35. The summed E-state index contributed by atoms with van der Waals surface area (Å²) in [6.07, 6.45) is 6.70. The number of carbonyl (C=O) groups excluding carboxylic acids is 2. The van der Waals surface area contributed by atoms with Crippen molar-refractivity contribution in [2.75, 3.05) is 19.4 Å². The Balaban J connectivity index is 1.55. The van der Waals surface area contributed by atoms with Crippen molar-refractivity contribution in [1.29, 1.82) is 0 Å². The zero-order chi connectivity index (χ0) is 18.5. The van der Waals surface area contributed by atoms with E-state index in [2.05, 4.69) is 15.6 Å². The molecule has 2 amide bonds. The van der Waals surface area contributed by atoms with Crippen LogP contribution in [-0.2, 0) is 11.3 Å². The number of hydrogen-bond donors (Lipinski definition) is 1. The molecule has 0 saturated heterocycles. The van der Waals surface area contributed by atoms with Gasteiger partial charge in [-0.25, -0.2) is 4.68 Å². The highest BCUT2D eigenvalue weighted by Crippen LogP contribution is 2.34. The van der Waals surface area contributed by atoms with Crippen molar-refractivity contribution < 1.29 is 9.59 Å². The molecule has 0 atom stereocenters. The molecular formula is C18H23N5O2S. The van der Waals surface area contributed by atoms with Gasteiger partial charge in [0.25, 0.3) is 5.91 Å². The van der Waals surface area contributed by atoms with E-state index in [1.165, 1.54) is 46.4 Å². The molecule has 7 nitrogen and oxygen atoms in total. The minimum Gasteiger partial charge on any atom is -0.347 e. The van der Waals surface area contributed by atoms with Gasteiger partial charge >= 0.3 is 0 Å². The summed E-state index contributed by atoms with van der Waals surface area (Å²) in [7, 11) is 3.34. The van der Waals surface area contributed by atoms with Gasteiger partial charge in [0, 0.05) is 29.9 Å². The van der Waals surface area contributed by atoms with Crippen LogP contribution in [0.4, 0.5) is 5.69 Å². The first-order chi connectivity index (χ1) is 12.5. The number of rotatable bonds is 6. The van der Waals surface area contributed by atoms with Crippen LogP contribution in [0.5, 0.6) is 0 Å². The summed E-state index contributed by atoms with van der Waals surface area (Å²) >= 11 is 1.91. The molecule has 1 aromatic heterocycles. The van der Waals surface area contributed by atoms with E-state index in [1.54, 1.807) is 14.1 Å². The van der Waals surface area contributed by atoms with Gasteiger partial charge in [-0.2, -0.15) is 0 Å². The minimum absolute atomic E-state index is 0.0559. The highest BCUT2D eigenvalue weighted by molar-refractivity contribution is 8.00. The molecule has 1 saturated carbocycles. The van der Waals surface area contributed by atoms with E-state index in [1.807, 2.05) is 36.0 Å². The van der Waals surface area contributed by atoms with Crippen LogP contribution in [-0.4, -0.2) is 51.1 Å². The van der Waals surface area contributed by atoms with Crippen LogP contribution < -0.4 is 5.32 Å². The van der Waals surface area contributed by atoms with Crippen molar-refractivity contribution in [3.63, 3.8) is 0 Å². The molecule has 1 aliphatic rings. The SMILES string of the molecule is CN(C)C(=O)Cn1cc(C(=O)Nc2ccc(SC3CCCC3)cc2)nn1. The third-order valence-corrected chi connectivity index (χ3v) is 5.63. The topological polar surface area (TPSA) is 80.1 Å². The van der Waals surface area contributed by atoms with Gasteiger partial charge in [-0.1, -0.05) is 18.1 Å². The van der Waals surface area contributed by atoms with Crippen LogP contribution in [0.3, 0.4) is 0 Å². The first-order valence-electron chi connectivity index (χ1n) is 8.69. The maximum absolute atomic E-state index is 12.3. The summed E-state index contributed by atoms with van der Waals surface area (Å²) in [5, 5.41) is 11.2. The maximum atomic E-state index is 12.3. The van der Waals surface area contributed by atoms with E-state index in [0.717, 1.165) is 5.25 Å². The number of likely N-dealkylation sites (N-methyl/N-ethyl adjacent to an activating group) is 1. The summed E-state index contributed by atoms with van der Waals surface area (Å²) in [5.74, 6) is -0.457. The molecule has 0 aliphatic heterocycles. The van der Waals surface area contributed by atoms with Gasteiger partial charge in [0.2, 0.25) is 5.91 Å². The lowest BCUT2D eigenvalue weighted by Gasteiger charge is -2.09. The van der Waals surface area contributed by atoms with Gasteiger partial charge in [0.05, 0.1) is 6.20 Å². The lowest BCUT2D eigenvalue weighted by molar-refractivity contribution is -0.129. The third kappa shape index (κ3) is 4.85. The van der Waals surface area contributed by atoms with Crippen LogP contribution in [0, 0.1) is 0 Å². The number of hydrogen-bond acceptors (Lipinski definition) is 5. The van der Waals surface area contributed by atoms with Gasteiger partial charge in [0.1, 0.15) is 6.54 Å². The lowest BCUT2D eigenvalue weighted by Crippen LogP contribution is -2.26. The van der Waals surface area contributed by atoms with Crippen molar-refractivity contribution in [3.8, 4) is 0 Å². The first-order valence-corrected chi connectivity index (χ1v) is 9.57. The Bertz CT molecular complexity index is 766. The lowest BCUT2D eigenvalue weighted by atomic mass is 10.3. The van der Waals surface area contributed by atoms with Crippen LogP contribution >= 0.6 is 11.8 Å². The monoisotopic (exact) mass is 373 g/mol. The van der Waals surface area contributed by atoms with E-state index < -0.39 is 0 Å². The zero-order valence-corrected chi connectivity index (χ0v) is 15.8. The number of thioether (sulfide) groups is 1. The average molecular weight is 373 g/mol. The van der Waals surface area contributed by atoms with E-state index in [9.17, 15) is 9.59 Å². The second-order valence-corrected chi connectivity index (χ2v) is 7.97. The van der Waals surface area contributed by atoms with E-state index >= 15 is 0 Å². The summed E-state index contributed by atoms with van der Waals surface area (Å²) in [5.41, 5.74) is 0.894. The number of amides is 2. The quantitative estimate of drug-likeness (QED) is 0.842. The summed E-state index contributed by atoms with van der Waals surface area (Å²) in [6, 6.07) is 7.86. The molecule has 26 heavy (non-hydrogen) atoms. The van der Waals surface area contributed by atoms with Crippen molar-refractivity contribution >= 4 is 29.3 Å². The highest BCUT2D eigenvalue weighted by atomic mass is 32.2. The standard InChI is InChI=1S/C18H23N5O2S/c1-22(2)17(24)12-23-11-16(20-21-23)18(25)19-13-7-9-15(10-8-13)26-14-5-3-4-6-14/h7-11,14H,3-6,12H2,1-2H3,(H,19,25). The number of aromatic nitrogens is 3. The molecule has 0 bridgehead atoms. The number of anilines is 1. The van der Waals surface area contributed by atoms with Crippen LogP contribution in [0.2, 0.25) is 0 Å². The van der Waals surface area contributed by atoms with Crippen LogP contribution in [0.25, 0.3) is 0 Å². The first kappa shape index (κ1) is 18.4. The Labute approximate surface area is 157 Å². The van der Waals surface area contributed by atoms with Crippen molar-refractivity contribution in [2.45, 2.75) is 42.4 Å². The molecule has 8 heteroatoms. The van der Waals surface area contributed by atoms with Gasteiger partial charge in [-0.15, -0.1) is 16.9 Å². The fourth-order valence-electron chi connectivity index (χ4n) is 2.77. The van der Waals surface area contributed by atoms with Gasteiger partial charge in [-0.3, -0.25) is 9.59 Å². The van der Waals surface area contributed by atoms with Crippen molar-refractivity contribution in [3.05, 3.63) is 36.2 Å². The minimum atomic E-state index is -0.343. The molecule has 0 unspecified atom stereocenters. The molecule has 1 aromatic carbocycles. The maximum Gasteiger partial charge on any atom is 0.277 e. The number of nitrogens with one attached hydrogen (secondary N) is 1. The van der Waals surface area contributed by atoms with E-state index in [-0.39, 0.29) is 24.1 Å². The second-order valence-electron chi connectivity index (χ2n) is 6.59. The smallest absolute Gasteiger partial charge is 0.277 e. The Morgan fingerprint density at radius 3 is 2.58 bits per heavy atom. The summed E-state index contributed by atoms with van der Waals surface area (Å²) < 4.78 is 1.36. The molecule has 3 rings (SSSR count). The van der Waals surface area contributed by atoms with Crippen LogP contribution in [0.15, 0.2) is 35.4 Å². The number of nitrogens with zero attached hydrogens (tertiary/aromatic N) is 4. The molecule has 2 aromatic rings. The second kappa shape index (κ2) is 8.35. The summed E-state index contributed by atoms with van der Waals surface area (Å²) in [6.45, 7) is 0.0559. The molecule has 1 heterocycles. The largest absolute Gasteiger partial charge is 0.347 e. The van der Waals surface area contributed by atoms with E-state index in [0.29, 0.717) is 5.69 Å². The Kier molecular flexibility index (Phi) is 5.92. The normalized spacial score (nSPS) is 14.4. The number of benzene rings is 1. The van der Waals surface area contributed by atoms with Crippen LogP contribution in [0.1, 0.15) is 36.2 Å². The van der Waals surface area contributed by atoms with Gasteiger partial charge < -0.3 is 10.2 Å². The van der Waals surface area contributed by atoms with Crippen molar-refractivity contribution in [2.24, 2.45) is 0 Å². The predicted octanol–water partition coefficient (Wildman–Crippen LogP) is 2.65. The van der Waals surface area contributed by atoms with Gasteiger partial charge in [0.15, 0.2) is 5.69 Å². The Morgan fingerprint density at radius 1 is 1.23 bits per heavy atom. The molecule has 1 fully saturated rings. The molecule has 1 N–H and O–H groups in total. The highest BCUT2D eigenvalue weighted by Gasteiger charge is 2.16. The predicted molar refractivity (Wildman–Crippen MR) is 101 cm³/mol. The zero-order valence-electron chi connectivity index (χ0n) is 15.0. The van der Waals surface area contributed by atoms with Crippen molar-refractivity contribution in [1.82, 2.24) is 19.9 Å². The molecule has 0 radical (unpaired) electrons. The van der Waals surface area contributed by atoms with Gasteiger partial charge in [-0.05, 0) is 37.1 Å². The third-order valence-electron chi connectivity index (χ3n) is 4.28. The fourth-order valence-corrected chi connectivity index (χ4v) is 4.02. The number of carbonyl (C=O) groups is 2. The molecule has 138 valence electrons. The Morgan fingerprint density at radius 2 is 1.92 bits per heavy atom. The van der Waals surface area contributed by atoms with E-state index in [4.69, 9.17) is 0 Å². The fraction of sp³-hybridized carbons (Fsp3) is 0.444.